The van der Waals surface area contributed by atoms with Gasteiger partial charge in [0.2, 0.25) is 0 Å². The molecule has 0 saturated carbocycles. The lowest BCUT2D eigenvalue weighted by atomic mass is 10.0. The second-order valence-corrected chi connectivity index (χ2v) is 4.47. The minimum absolute atomic E-state index is 0.159. The van der Waals surface area contributed by atoms with Crippen molar-refractivity contribution < 1.29 is 19.8 Å². The molecular formula is C13H24O4. The Kier molecular flexibility index (Phi) is 9.72. The maximum atomic E-state index is 11.3. The Bertz CT molecular complexity index is 225. The topological polar surface area (TPSA) is 74.6 Å². The highest BCUT2D eigenvalue weighted by molar-refractivity contribution is 5.84. The van der Waals surface area contributed by atoms with Gasteiger partial charge in [0.1, 0.15) is 5.78 Å². The van der Waals surface area contributed by atoms with Crippen LogP contribution in [0.4, 0.5) is 0 Å². The number of carbonyl (C=O) groups excluding carboxylic acids is 1. The smallest absolute Gasteiger partial charge is 0.332 e. The number of hydrogen-bond acceptors (Lipinski definition) is 3. The molecule has 1 atom stereocenters. The Morgan fingerprint density at radius 3 is 2.06 bits per heavy atom. The summed E-state index contributed by atoms with van der Waals surface area (Å²) in [4.78, 5) is 21.6. The number of carboxylic acids is 1. The molecule has 0 aliphatic heterocycles. The van der Waals surface area contributed by atoms with Gasteiger partial charge in [-0.3, -0.25) is 4.79 Å². The van der Waals surface area contributed by atoms with Crippen molar-refractivity contribution in [3.63, 3.8) is 0 Å². The van der Waals surface area contributed by atoms with Gasteiger partial charge in [0, 0.05) is 12.8 Å². The van der Waals surface area contributed by atoms with E-state index in [2.05, 4.69) is 6.92 Å². The molecule has 0 bridgehead atoms. The van der Waals surface area contributed by atoms with E-state index < -0.39 is 12.1 Å². The molecule has 0 saturated heterocycles. The largest absolute Gasteiger partial charge is 0.479 e. The van der Waals surface area contributed by atoms with Gasteiger partial charge in [-0.05, 0) is 6.42 Å². The predicted molar refractivity (Wildman–Crippen MR) is 65.9 cm³/mol. The van der Waals surface area contributed by atoms with Gasteiger partial charge in [0.25, 0.3) is 0 Å². The highest BCUT2D eigenvalue weighted by atomic mass is 16.4. The summed E-state index contributed by atoms with van der Waals surface area (Å²) in [6.07, 6.45) is 6.50. The first-order valence-electron chi connectivity index (χ1n) is 6.50. The van der Waals surface area contributed by atoms with E-state index in [1.165, 1.54) is 25.7 Å². The van der Waals surface area contributed by atoms with E-state index in [0.29, 0.717) is 6.42 Å². The number of Topliss-reactive ketones (excluding diaryl/α,β-unsaturated/α-hetero) is 1. The second kappa shape index (κ2) is 10.3. The molecular weight excluding hydrogens is 220 g/mol. The summed E-state index contributed by atoms with van der Waals surface area (Å²) < 4.78 is 0. The standard InChI is InChI=1S/C13H24O4/c1-2-3-4-5-6-7-8-9-11(14)10-12(15)13(16)17/h12,15H,2-10H2,1H3,(H,16,17). The molecule has 4 nitrogen and oxygen atoms in total. The lowest BCUT2D eigenvalue weighted by Gasteiger charge is -2.04. The summed E-state index contributed by atoms with van der Waals surface area (Å²) in [5.74, 6) is -1.48. The van der Waals surface area contributed by atoms with Crippen molar-refractivity contribution in [2.45, 2.75) is 70.8 Å². The van der Waals surface area contributed by atoms with Gasteiger partial charge in [0.15, 0.2) is 6.10 Å². The Morgan fingerprint density at radius 2 is 1.53 bits per heavy atom. The van der Waals surface area contributed by atoms with E-state index in [1.54, 1.807) is 0 Å². The quantitative estimate of drug-likeness (QED) is 0.548. The van der Waals surface area contributed by atoms with Crippen LogP contribution in [0.15, 0.2) is 0 Å². The van der Waals surface area contributed by atoms with Gasteiger partial charge in [-0.2, -0.15) is 0 Å². The van der Waals surface area contributed by atoms with Crippen LogP contribution in [-0.2, 0) is 9.59 Å². The molecule has 0 rings (SSSR count). The maximum absolute atomic E-state index is 11.3. The van der Waals surface area contributed by atoms with Gasteiger partial charge < -0.3 is 10.2 Å². The fraction of sp³-hybridized carbons (Fsp3) is 0.846. The van der Waals surface area contributed by atoms with Crippen molar-refractivity contribution in [3.05, 3.63) is 0 Å². The molecule has 0 aromatic heterocycles. The maximum Gasteiger partial charge on any atom is 0.332 e. The molecule has 0 heterocycles. The number of aliphatic hydroxyl groups excluding tert-OH is 1. The molecule has 0 spiro atoms. The molecule has 1 unspecified atom stereocenters. The summed E-state index contributed by atoms with van der Waals surface area (Å²) in [5.41, 5.74) is 0. The summed E-state index contributed by atoms with van der Waals surface area (Å²) in [7, 11) is 0. The molecule has 0 aliphatic rings. The van der Waals surface area contributed by atoms with Crippen molar-refractivity contribution in [1.82, 2.24) is 0 Å². The van der Waals surface area contributed by atoms with Gasteiger partial charge >= 0.3 is 5.97 Å². The van der Waals surface area contributed by atoms with Gasteiger partial charge in [0.05, 0.1) is 0 Å². The Balaban J connectivity index is 3.36. The number of aliphatic carboxylic acids is 1. The van der Waals surface area contributed by atoms with Crippen molar-refractivity contribution in [1.29, 1.82) is 0 Å². The highest BCUT2D eigenvalue weighted by Gasteiger charge is 2.16. The first-order chi connectivity index (χ1) is 8.07. The highest BCUT2D eigenvalue weighted by Crippen LogP contribution is 2.09. The van der Waals surface area contributed by atoms with E-state index in [-0.39, 0.29) is 12.2 Å². The van der Waals surface area contributed by atoms with Gasteiger partial charge in [-0.1, -0.05) is 45.4 Å². The number of aliphatic hydroxyl groups is 1. The summed E-state index contributed by atoms with van der Waals surface area (Å²) >= 11 is 0. The minimum atomic E-state index is -1.54. The molecule has 4 heteroatoms. The van der Waals surface area contributed by atoms with Crippen molar-refractivity contribution >= 4 is 11.8 Å². The first kappa shape index (κ1) is 16.1. The van der Waals surface area contributed by atoms with E-state index in [9.17, 15) is 9.59 Å². The number of hydrogen-bond donors (Lipinski definition) is 2. The average Bonchev–Trinajstić information content (AvgIpc) is 2.27. The van der Waals surface area contributed by atoms with Crippen LogP contribution in [-0.4, -0.2) is 28.1 Å². The first-order valence-corrected chi connectivity index (χ1v) is 6.50. The third-order valence-corrected chi connectivity index (χ3v) is 2.77. The summed E-state index contributed by atoms with van der Waals surface area (Å²) in [6.45, 7) is 2.17. The fourth-order valence-electron chi connectivity index (χ4n) is 1.68. The summed E-state index contributed by atoms with van der Waals surface area (Å²) in [5, 5.41) is 17.4. The molecule has 100 valence electrons. The lowest BCUT2D eigenvalue weighted by molar-refractivity contribution is -0.148. The Hall–Kier alpha value is -0.900. The number of ketones is 1. The van der Waals surface area contributed by atoms with E-state index in [1.807, 2.05) is 0 Å². The molecule has 0 radical (unpaired) electrons. The molecule has 0 aromatic rings. The van der Waals surface area contributed by atoms with Gasteiger partial charge in [-0.15, -0.1) is 0 Å². The minimum Gasteiger partial charge on any atom is -0.479 e. The van der Waals surface area contributed by atoms with Crippen LogP contribution in [0.2, 0.25) is 0 Å². The third-order valence-electron chi connectivity index (χ3n) is 2.77. The summed E-state index contributed by atoms with van der Waals surface area (Å²) in [6, 6.07) is 0. The van der Waals surface area contributed by atoms with Crippen LogP contribution >= 0.6 is 0 Å². The van der Waals surface area contributed by atoms with Gasteiger partial charge in [-0.25, -0.2) is 4.79 Å². The number of carbonyl (C=O) groups is 2. The Morgan fingerprint density at radius 1 is 1.00 bits per heavy atom. The van der Waals surface area contributed by atoms with Crippen LogP contribution in [0.1, 0.15) is 64.7 Å². The van der Waals surface area contributed by atoms with Crippen molar-refractivity contribution in [3.8, 4) is 0 Å². The number of unbranched alkanes of at least 4 members (excludes halogenated alkanes) is 6. The van der Waals surface area contributed by atoms with Crippen molar-refractivity contribution in [2.24, 2.45) is 0 Å². The normalized spacial score (nSPS) is 12.4. The molecule has 17 heavy (non-hydrogen) atoms. The lowest BCUT2D eigenvalue weighted by Crippen LogP contribution is -2.22. The number of carboxylic acid groups (broad SMARTS) is 1. The molecule has 0 aliphatic carbocycles. The van der Waals surface area contributed by atoms with Crippen LogP contribution in [0.5, 0.6) is 0 Å². The SMILES string of the molecule is CCCCCCCCCC(=O)CC(O)C(=O)O. The van der Waals surface area contributed by atoms with Crippen LogP contribution in [0.3, 0.4) is 0 Å². The van der Waals surface area contributed by atoms with Crippen LogP contribution in [0, 0.1) is 0 Å². The van der Waals surface area contributed by atoms with E-state index >= 15 is 0 Å². The Labute approximate surface area is 103 Å². The number of rotatable bonds is 11. The van der Waals surface area contributed by atoms with Crippen LogP contribution < -0.4 is 0 Å². The third kappa shape index (κ3) is 10.00. The van der Waals surface area contributed by atoms with Crippen LogP contribution in [0.25, 0.3) is 0 Å². The molecule has 2 N–H and O–H groups in total. The van der Waals surface area contributed by atoms with Crippen molar-refractivity contribution in [2.75, 3.05) is 0 Å². The van der Waals surface area contributed by atoms with E-state index in [0.717, 1.165) is 19.3 Å². The zero-order valence-corrected chi connectivity index (χ0v) is 10.7. The average molecular weight is 244 g/mol. The monoisotopic (exact) mass is 244 g/mol. The second-order valence-electron chi connectivity index (χ2n) is 4.47. The zero-order valence-electron chi connectivity index (χ0n) is 10.7. The zero-order chi connectivity index (χ0) is 13.1. The predicted octanol–water partition coefficient (Wildman–Crippen LogP) is 2.53. The fourth-order valence-corrected chi connectivity index (χ4v) is 1.68. The molecule has 0 amide bonds. The molecule has 0 fully saturated rings. The van der Waals surface area contributed by atoms with E-state index in [4.69, 9.17) is 10.2 Å². The molecule has 0 aromatic carbocycles.